The fourth-order valence-corrected chi connectivity index (χ4v) is 2.22. The van der Waals surface area contributed by atoms with Gasteiger partial charge in [0.05, 0.1) is 0 Å². The van der Waals surface area contributed by atoms with Crippen LogP contribution in [0.4, 0.5) is 0 Å². The molecule has 0 aliphatic rings. The lowest BCUT2D eigenvalue weighted by Gasteiger charge is -2.37. The summed E-state index contributed by atoms with van der Waals surface area (Å²) >= 11 is 0. The van der Waals surface area contributed by atoms with E-state index in [0.29, 0.717) is 0 Å². The molecule has 86 valence electrons. The SMILES string of the molecule is Cc1cc(O[Si](C)(C)C(C)(C)C)[cH-]c1C. The van der Waals surface area contributed by atoms with Crippen LogP contribution in [0, 0.1) is 13.8 Å². The molecule has 1 rings (SSSR count). The Bertz CT molecular complexity index is 322. The van der Waals surface area contributed by atoms with E-state index in [1.807, 2.05) is 0 Å². The Morgan fingerprint density at radius 3 is 2.07 bits per heavy atom. The lowest BCUT2D eigenvalue weighted by Crippen LogP contribution is -2.43. The molecule has 0 saturated carbocycles. The van der Waals surface area contributed by atoms with E-state index in [0.717, 1.165) is 5.75 Å². The van der Waals surface area contributed by atoms with Gasteiger partial charge in [-0.3, -0.25) is 0 Å². The van der Waals surface area contributed by atoms with Crippen LogP contribution in [0.3, 0.4) is 0 Å². The number of hydrogen-bond acceptors (Lipinski definition) is 1. The highest BCUT2D eigenvalue weighted by Gasteiger charge is 2.38. The molecule has 0 radical (unpaired) electrons. The number of hydrogen-bond donors (Lipinski definition) is 0. The molecule has 0 atom stereocenters. The van der Waals surface area contributed by atoms with Crippen molar-refractivity contribution in [3.05, 3.63) is 23.3 Å². The van der Waals surface area contributed by atoms with Gasteiger partial charge >= 0.3 is 0 Å². The summed E-state index contributed by atoms with van der Waals surface area (Å²) in [6, 6.07) is 4.30. The molecule has 15 heavy (non-hydrogen) atoms. The maximum atomic E-state index is 6.21. The highest BCUT2D eigenvalue weighted by Crippen LogP contribution is 2.38. The number of aryl methyl sites for hydroxylation is 2. The molecule has 0 amide bonds. The van der Waals surface area contributed by atoms with Gasteiger partial charge in [0, 0.05) is 0 Å². The standard InChI is InChI=1S/C13H23OSi/c1-10-8-12(9-11(10)2)14-15(6,7)13(3,4)5/h8-9H,1-7H3/q-1. The minimum Gasteiger partial charge on any atom is -0.565 e. The molecule has 0 unspecified atom stereocenters. The van der Waals surface area contributed by atoms with Crippen LogP contribution in [0.1, 0.15) is 31.9 Å². The van der Waals surface area contributed by atoms with Crippen molar-refractivity contribution >= 4 is 8.32 Å². The van der Waals surface area contributed by atoms with Crippen molar-refractivity contribution in [3.8, 4) is 5.75 Å². The van der Waals surface area contributed by atoms with E-state index in [1.54, 1.807) is 0 Å². The predicted octanol–water partition coefficient (Wildman–Crippen LogP) is 4.41. The molecule has 1 aromatic carbocycles. The van der Waals surface area contributed by atoms with Gasteiger partial charge in [0.1, 0.15) is 0 Å². The van der Waals surface area contributed by atoms with Gasteiger partial charge in [-0.15, -0.1) is 6.07 Å². The van der Waals surface area contributed by atoms with Gasteiger partial charge in [-0.1, -0.05) is 34.6 Å². The third-order valence-electron chi connectivity index (χ3n) is 3.52. The second-order valence-electron chi connectivity index (χ2n) is 5.92. The van der Waals surface area contributed by atoms with E-state index in [4.69, 9.17) is 4.43 Å². The molecule has 0 fully saturated rings. The molecule has 0 bridgehead atoms. The van der Waals surface area contributed by atoms with Crippen molar-refractivity contribution in [2.75, 3.05) is 0 Å². The molecule has 0 N–H and O–H groups in total. The van der Waals surface area contributed by atoms with Crippen molar-refractivity contribution in [3.63, 3.8) is 0 Å². The molecule has 0 spiro atoms. The van der Waals surface area contributed by atoms with Gasteiger partial charge in [-0.2, -0.15) is 17.2 Å². The minimum absolute atomic E-state index is 0.270. The van der Waals surface area contributed by atoms with Crippen LogP contribution in [0.15, 0.2) is 12.1 Å². The van der Waals surface area contributed by atoms with Crippen molar-refractivity contribution in [1.29, 1.82) is 0 Å². The van der Waals surface area contributed by atoms with Gasteiger partial charge in [0.2, 0.25) is 8.32 Å². The first kappa shape index (κ1) is 12.4. The molecule has 0 aliphatic carbocycles. The highest BCUT2D eigenvalue weighted by atomic mass is 28.4. The largest absolute Gasteiger partial charge is 0.565 e. The molecular formula is C13H23OSi-. The van der Waals surface area contributed by atoms with Gasteiger partial charge in [-0.05, 0) is 23.9 Å². The van der Waals surface area contributed by atoms with E-state index in [1.165, 1.54) is 11.1 Å². The highest BCUT2D eigenvalue weighted by molar-refractivity contribution is 6.74. The third-order valence-corrected chi connectivity index (χ3v) is 7.88. The van der Waals surface area contributed by atoms with E-state index in [9.17, 15) is 0 Å². The van der Waals surface area contributed by atoms with E-state index in [2.05, 4.69) is 59.8 Å². The van der Waals surface area contributed by atoms with Crippen molar-refractivity contribution in [2.45, 2.75) is 52.8 Å². The average molecular weight is 223 g/mol. The van der Waals surface area contributed by atoms with Crippen LogP contribution >= 0.6 is 0 Å². The molecule has 1 nitrogen and oxygen atoms in total. The Balaban J connectivity index is 2.86. The summed E-state index contributed by atoms with van der Waals surface area (Å²) in [4.78, 5) is 0. The van der Waals surface area contributed by atoms with Gasteiger partial charge in [0.25, 0.3) is 0 Å². The van der Waals surface area contributed by atoms with Gasteiger partial charge < -0.3 is 4.43 Å². The maximum Gasteiger partial charge on any atom is 0.247 e. The molecule has 2 heteroatoms. The second kappa shape index (κ2) is 3.74. The Labute approximate surface area is 95.0 Å². The van der Waals surface area contributed by atoms with Gasteiger partial charge in [-0.25, -0.2) is 0 Å². The quantitative estimate of drug-likeness (QED) is 0.533. The van der Waals surface area contributed by atoms with Gasteiger partial charge in [0.15, 0.2) is 0 Å². The van der Waals surface area contributed by atoms with Crippen LogP contribution in [0.5, 0.6) is 5.75 Å². The summed E-state index contributed by atoms with van der Waals surface area (Å²) < 4.78 is 6.21. The van der Waals surface area contributed by atoms with Crippen LogP contribution < -0.4 is 4.43 Å². The Morgan fingerprint density at radius 1 is 1.20 bits per heavy atom. The van der Waals surface area contributed by atoms with Crippen molar-refractivity contribution < 1.29 is 4.43 Å². The zero-order valence-corrected chi connectivity index (χ0v) is 12.1. The summed E-state index contributed by atoms with van der Waals surface area (Å²) in [6.07, 6.45) is 0. The number of rotatable bonds is 2. The molecule has 0 saturated heterocycles. The zero-order valence-electron chi connectivity index (χ0n) is 11.1. The monoisotopic (exact) mass is 223 g/mol. The van der Waals surface area contributed by atoms with Crippen LogP contribution in [0.25, 0.3) is 0 Å². The van der Waals surface area contributed by atoms with E-state index < -0.39 is 8.32 Å². The van der Waals surface area contributed by atoms with Crippen molar-refractivity contribution in [1.82, 2.24) is 0 Å². The fourth-order valence-electron chi connectivity index (χ4n) is 1.20. The first-order valence-electron chi connectivity index (χ1n) is 5.56. The molecule has 0 aromatic heterocycles. The molecule has 0 heterocycles. The summed E-state index contributed by atoms with van der Waals surface area (Å²) in [5, 5.41) is 0.270. The first-order chi connectivity index (χ1) is 6.63. The van der Waals surface area contributed by atoms with E-state index >= 15 is 0 Å². The maximum absolute atomic E-state index is 6.21. The third kappa shape index (κ3) is 2.68. The summed E-state index contributed by atoms with van der Waals surface area (Å²) in [7, 11) is -1.66. The first-order valence-corrected chi connectivity index (χ1v) is 8.47. The fraction of sp³-hybridized carbons (Fsp3) is 0.615. The smallest absolute Gasteiger partial charge is 0.247 e. The summed E-state index contributed by atoms with van der Waals surface area (Å²) in [5.41, 5.74) is 2.65. The molecule has 1 aromatic rings. The lowest BCUT2D eigenvalue weighted by molar-refractivity contribution is 0.493. The average Bonchev–Trinajstić information content (AvgIpc) is 2.27. The normalized spacial score (nSPS) is 13.0. The Hall–Kier alpha value is -0.633. The Morgan fingerprint density at radius 2 is 1.73 bits per heavy atom. The predicted molar refractivity (Wildman–Crippen MR) is 69.3 cm³/mol. The zero-order chi connectivity index (χ0) is 11.9. The van der Waals surface area contributed by atoms with Crippen LogP contribution in [-0.4, -0.2) is 8.32 Å². The lowest BCUT2D eigenvalue weighted by atomic mass is 10.2. The molecule has 0 aliphatic heterocycles. The van der Waals surface area contributed by atoms with Crippen LogP contribution in [-0.2, 0) is 0 Å². The summed E-state index contributed by atoms with van der Waals surface area (Å²) in [5.74, 6) is 1.05. The Kier molecular flexibility index (Phi) is 3.10. The topological polar surface area (TPSA) is 9.23 Å². The minimum atomic E-state index is -1.66. The second-order valence-corrected chi connectivity index (χ2v) is 10.6. The van der Waals surface area contributed by atoms with Crippen molar-refractivity contribution in [2.24, 2.45) is 0 Å². The van der Waals surface area contributed by atoms with Crippen LogP contribution in [0.2, 0.25) is 18.1 Å². The molecular weight excluding hydrogens is 200 g/mol. The summed E-state index contributed by atoms with van der Waals surface area (Å²) in [6.45, 7) is 15.6. The van der Waals surface area contributed by atoms with E-state index in [-0.39, 0.29) is 5.04 Å².